The van der Waals surface area contributed by atoms with Crippen LogP contribution in [-0.4, -0.2) is 61.5 Å². The number of benzene rings is 1. The van der Waals surface area contributed by atoms with Gasteiger partial charge in [-0.1, -0.05) is 11.3 Å². The summed E-state index contributed by atoms with van der Waals surface area (Å²) in [5.41, 5.74) is 0.967. The molecular formula is C21H28N4O3S. The first-order valence-electron chi connectivity index (χ1n) is 10.4. The third-order valence-corrected chi connectivity index (χ3v) is 6.80. The van der Waals surface area contributed by atoms with Gasteiger partial charge >= 0.3 is 0 Å². The van der Waals surface area contributed by atoms with Gasteiger partial charge in [0.25, 0.3) is 0 Å². The number of fused-ring (bicyclic) bond motifs is 1. The van der Waals surface area contributed by atoms with Gasteiger partial charge in [-0.05, 0) is 43.9 Å². The van der Waals surface area contributed by atoms with Crippen LogP contribution in [-0.2, 0) is 9.59 Å². The highest BCUT2D eigenvalue weighted by atomic mass is 32.1. The number of ether oxygens (including phenoxy) is 1. The molecule has 4 rings (SSSR count). The smallest absolute Gasteiger partial charge is 0.224 e. The van der Waals surface area contributed by atoms with Crippen LogP contribution < -0.4 is 15.0 Å². The summed E-state index contributed by atoms with van der Waals surface area (Å²) in [7, 11) is 1.67. The number of anilines is 1. The molecule has 29 heavy (non-hydrogen) atoms. The fourth-order valence-corrected chi connectivity index (χ4v) is 5.12. The van der Waals surface area contributed by atoms with Crippen molar-refractivity contribution in [2.75, 3.05) is 44.7 Å². The molecule has 3 heterocycles. The van der Waals surface area contributed by atoms with Crippen molar-refractivity contribution in [1.82, 2.24) is 15.2 Å². The molecule has 1 aromatic heterocycles. The Labute approximate surface area is 175 Å². The summed E-state index contributed by atoms with van der Waals surface area (Å²) in [4.78, 5) is 33.2. The van der Waals surface area contributed by atoms with Gasteiger partial charge in [-0.15, -0.1) is 0 Å². The number of nitrogens with one attached hydrogen (secondary N) is 1. The Morgan fingerprint density at radius 2 is 2.24 bits per heavy atom. The highest BCUT2D eigenvalue weighted by molar-refractivity contribution is 7.22. The molecule has 156 valence electrons. The average molecular weight is 417 g/mol. The molecule has 2 aliphatic heterocycles. The maximum atomic E-state index is 12.6. The standard InChI is InChI=1S/C21H28N4O3S/c1-28-16-7-8-17-18(13-16)29-21(23-17)25-11-2-5-15(14-25)20(27)22-9-4-12-24-10-3-6-19(24)26/h7-8,13,15H,2-6,9-12,14H2,1H3,(H,22,27). The molecule has 0 saturated carbocycles. The lowest BCUT2D eigenvalue weighted by molar-refractivity contribution is -0.127. The first-order chi connectivity index (χ1) is 14.1. The molecule has 1 atom stereocenters. The third-order valence-electron chi connectivity index (χ3n) is 5.72. The largest absolute Gasteiger partial charge is 0.497 e. The summed E-state index contributed by atoms with van der Waals surface area (Å²) < 4.78 is 6.40. The van der Waals surface area contributed by atoms with Gasteiger partial charge in [-0.25, -0.2) is 4.98 Å². The number of likely N-dealkylation sites (tertiary alicyclic amines) is 1. The predicted octanol–water partition coefficient (Wildman–Crippen LogP) is 2.65. The number of thiazole rings is 1. The van der Waals surface area contributed by atoms with Crippen molar-refractivity contribution in [3.8, 4) is 5.75 Å². The van der Waals surface area contributed by atoms with Crippen molar-refractivity contribution in [1.29, 1.82) is 0 Å². The van der Waals surface area contributed by atoms with Gasteiger partial charge in [0.2, 0.25) is 11.8 Å². The molecule has 0 spiro atoms. The van der Waals surface area contributed by atoms with Gasteiger partial charge < -0.3 is 19.9 Å². The Kier molecular flexibility index (Phi) is 6.18. The number of amides is 2. The number of carbonyl (C=O) groups excluding carboxylic acids is 2. The summed E-state index contributed by atoms with van der Waals surface area (Å²) in [6.45, 7) is 3.86. The summed E-state index contributed by atoms with van der Waals surface area (Å²) in [6, 6.07) is 5.91. The van der Waals surface area contributed by atoms with E-state index < -0.39 is 0 Å². The predicted molar refractivity (Wildman–Crippen MR) is 115 cm³/mol. The maximum Gasteiger partial charge on any atom is 0.224 e. The Morgan fingerprint density at radius 3 is 3.03 bits per heavy atom. The van der Waals surface area contributed by atoms with E-state index in [4.69, 9.17) is 9.72 Å². The molecule has 1 unspecified atom stereocenters. The second-order valence-electron chi connectivity index (χ2n) is 7.74. The highest BCUT2D eigenvalue weighted by Crippen LogP contribution is 2.33. The van der Waals surface area contributed by atoms with E-state index in [0.717, 1.165) is 66.4 Å². The van der Waals surface area contributed by atoms with E-state index in [1.807, 2.05) is 23.1 Å². The lowest BCUT2D eigenvalue weighted by atomic mass is 9.97. The fourth-order valence-electron chi connectivity index (χ4n) is 4.09. The van der Waals surface area contributed by atoms with E-state index in [1.54, 1.807) is 18.4 Å². The van der Waals surface area contributed by atoms with Crippen LogP contribution in [0.4, 0.5) is 5.13 Å². The van der Waals surface area contributed by atoms with E-state index in [1.165, 1.54) is 0 Å². The Bertz CT molecular complexity index is 884. The van der Waals surface area contributed by atoms with Crippen molar-refractivity contribution in [3.05, 3.63) is 18.2 Å². The number of methoxy groups -OCH3 is 1. The first kappa shape index (κ1) is 19.9. The minimum atomic E-state index is -0.0151. The molecule has 2 aliphatic rings. The summed E-state index contributed by atoms with van der Waals surface area (Å²) in [5.74, 6) is 1.18. The highest BCUT2D eigenvalue weighted by Gasteiger charge is 2.27. The Balaban J connectivity index is 1.29. The molecule has 7 nitrogen and oxygen atoms in total. The monoisotopic (exact) mass is 416 g/mol. The van der Waals surface area contributed by atoms with Gasteiger partial charge in [-0.2, -0.15) is 0 Å². The Morgan fingerprint density at radius 1 is 1.34 bits per heavy atom. The van der Waals surface area contributed by atoms with Crippen molar-refractivity contribution in [2.24, 2.45) is 5.92 Å². The first-order valence-corrected chi connectivity index (χ1v) is 11.2. The number of carbonyl (C=O) groups is 2. The van der Waals surface area contributed by atoms with E-state index in [-0.39, 0.29) is 17.7 Å². The number of hydrogen-bond acceptors (Lipinski definition) is 6. The lowest BCUT2D eigenvalue weighted by Gasteiger charge is -2.31. The van der Waals surface area contributed by atoms with Crippen LogP contribution in [0.5, 0.6) is 5.75 Å². The minimum Gasteiger partial charge on any atom is -0.497 e. The molecule has 2 amide bonds. The van der Waals surface area contributed by atoms with Gasteiger partial charge in [0.05, 0.1) is 23.2 Å². The quantitative estimate of drug-likeness (QED) is 0.703. The van der Waals surface area contributed by atoms with Crippen molar-refractivity contribution in [2.45, 2.75) is 32.1 Å². The topological polar surface area (TPSA) is 74.8 Å². The summed E-state index contributed by atoms with van der Waals surface area (Å²) >= 11 is 1.65. The van der Waals surface area contributed by atoms with Crippen molar-refractivity contribution < 1.29 is 14.3 Å². The number of piperidine rings is 1. The van der Waals surface area contributed by atoms with Gasteiger partial charge in [-0.3, -0.25) is 9.59 Å². The number of hydrogen-bond donors (Lipinski definition) is 1. The molecular weight excluding hydrogens is 388 g/mol. The van der Waals surface area contributed by atoms with E-state index >= 15 is 0 Å². The van der Waals surface area contributed by atoms with E-state index in [0.29, 0.717) is 19.5 Å². The molecule has 2 saturated heterocycles. The second kappa shape index (κ2) is 8.98. The summed E-state index contributed by atoms with van der Waals surface area (Å²) in [6.07, 6.45) is 4.34. The second-order valence-corrected chi connectivity index (χ2v) is 8.75. The average Bonchev–Trinajstić information content (AvgIpc) is 3.36. The third kappa shape index (κ3) is 4.63. The molecule has 1 N–H and O–H groups in total. The lowest BCUT2D eigenvalue weighted by Crippen LogP contribution is -2.43. The van der Waals surface area contributed by atoms with E-state index in [9.17, 15) is 9.59 Å². The fraction of sp³-hybridized carbons (Fsp3) is 0.571. The molecule has 1 aromatic carbocycles. The van der Waals surface area contributed by atoms with Crippen LogP contribution in [0.3, 0.4) is 0 Å². The van der Waals surface area contributed by atoms with Crippen LogP contribution >= 0.6 is 11.3 Å². The number of nitrogens with zero attached hydrogens (tertiary/aromatic N) is 3. The van der Waals surface area contributed by atoms with Crippen LogP contribution in [0.15, 0.2) is 18.2 Å². The molecule has 2 fully saturated rings. The SMILES string of the molecule is COc1ccc2nc(N3CCCC(C(=O)NCCCN4CCCC4=O)C3)sc2c1. The molecule has 0 radical (unpaired) electrons. The van der Waals surface area contributed by atoms with E-state index in [2.05, 4.69) is 10.2 Å². The summed E-state index contributed by atoms with van der Waals surface area (Å²) in [5, 5.41) is 4.04. The van der Waals surface area contributed by atoms with Crippen LogP contribution in [0.1, 0.15) is 32.1 Å². The van der Waals surface area contributed by atoms with Crippen LogP contribution in [0.2, 0.25) is 0 Å². The zero-order valence-electron chi connectivity index (χ0n) is 16.9. The van der Waals surface area contributed by atoms with Gasteiger partial charge in [0.1, 0.15) is 5.75 Å². The normalized spacial score (nSPS) is 19.8. The number of aromatic nitrogens is 1. The molecule has 2 aromatic rings. The zero-order valence-corrected chi connectivity index (χ0v) is 17.7. The maximum absolute atomic E-state index is 12.6. The van der Waals surface area contributed by atoms with Crippen molar-refractivity contribution >= 4 is 38.5 Å². The van der Waals surface area contributed by atoms with Gasteiger partial charge in [0, 0.05) is 39.1 Å². The van der Waals surface area contributed by atoms with Crippen LogP contribution in [0.25, 0.3) is 10.2 Å². The van der Waals surface area contributed by atoms with Crippen molar-refractivity contribution in [3.63, 3.8) is 0 Å². The number of rotatable bonds is 7. The minimum absolute atomic E-state index is 0.0151. The van der Waals surface area contributed by atoms with Gasteiger partial charge in [0.15, 0.2) is 5.13 Å². The zero-order chi connectivity index (χ0) is 20.2. The molecule has 0 aliphatic carbocycles. The Hall–Kier alpha value is -2.35. The molecule has 8 heteroatoms. The van der Waals surface area contributed by atoms with Crippen LogP contribution in [0, 0.1) is 5.92 Å². The molecule has 0 bridgehead atoms.